The number of nitrogens with one attached hydrogen (secondary N) is 1. The Morgan fingerprint density at radius 3 is 3.12 bits per heavy atom. The van der Waals surface area contributed by atoms with Crippen LogP contribution in [0.15, 0.2) is 29.3 Å². The van der Waals surface area contributed by atoms with E-state index in [0.717, 1.165) is 11.0 Å². The van der Waals surface area contributed by atoms with Crippen molar-refractivity contribution in [3.8, 4) is 0 Å². The monoisotopic (exact) mass is 354 g/mol. The molecule has 0 bridgehead atoms. The molecule has 1 saturated heterocycles. The van der Waals surface area contributed by atoms with Gasteiger partial charge in [-0.1, -0.05) is 0 Å². The van der Waals surface area contributed by atoms with E-state index in [1.54, 1.807) is 28.9 Å². The van der Waals surface area contributed by atoms with Gasteiger partial charge < -0.3 is 14.6 Å². The molecule has 2 aliphatic rings. The summed E-state index contributed by atoms with van der Waals surface area (Å²) in [6, 6.07) is 5.45. The lowest BCUT2D eigenvalue weighted by atomic mass is 10.0. The molecule has 0 radical (unpaired) electrons. The maximum absolute atomic E-state index is 12.9. The number of rotatable bonds is 1. The molecular weight excluding hydrogens is 336 g/mol. The van der Waals surface area contributed by atoms with Crippen LogP contribution in [-0.4, -0.2) is 53.8 Å². The highest BCUT2D eigenvalue weighted by molar-refractivity contribution is 5.97. The van der Waals surface area contributed by atoms with Gasteiger partial charge in [0.15, 0.2) is 5.82 Å². The average Bonchev–Trinajstić information content (AvgIpc) is 3.34. The fraction of sp³-hybridized carbons (Fsp3) is 0.412. The standard InChI is InChI=1S/C17H18N6O3/c1-21-16(25)23-9-17(26-7-14(23)20-21)4-5-22(8-17)15(24)11-2-3-12-13(6-11)19-10-18-12/h2-3,6,10H,4-5,7-9H2,1H3,(H,18,19). The molecule has 1 spiro atoms. The Labute approximate surface area is 148 Å². The van der Waals surface area contributed by atoms with Gasteiger partial charge in [-0.3, -0.25) is 9.36 Å². The highest BCUT2D eigenvalue weighted by Crippen LogP contribution is 2.32. The lowest BCUT2D eigenvalue weighted by molar-refractivity contribution is -0.0816. The fourth-order valence-electron chi connectivity index (χ4n) is 3.89. The molecule has 0 saturated carbocycles. The van der Waals surface area contributed by atoms with Crippen LogP contribution in [0.4, 0.5) is 0 Å². The van der Waals surface area contributed by atoms with Crippen molar-refractivity contribution in [3.05, 3.63) is 46.4 Å². The molecule has 2 aromatic heterocycles. The molecule has 1 atom stereocenters. The zero-order valence-electron chi connectivity index (χ0n) is 14.3. The van der Waals surface area contributed by atoms with Crippen LogP contribution >= 0.6 is 0 Å². The minimum atomic E-state index is -0.520. The zero-order valence-corrected chi connectivity index (χ0v) is 14.3. The third kappa shape index (κ3) is 2.20. The van der Waals surface area contributed by atoms with Crippen LogP contribution in [0.1, 0.15) is 22.6 Å². The summed E-state index contributed by atoms with van der Waals surface area (Å²) in [7, 11) is 1.64. The number of carbonyl (C=O) groups excluding carboxylic acids is 1. The van der Waals surface area contributed by atoms with Gasteiger partial charge in [-0.25, -0.2) is 14.5 Å². The molecule has 2 aliphatic heterocycles. The number of amides is 1. The molecule has 1 amide bonds. The number of aromatic nitrogens is 5. The highest BCUT2D eigenvalue weighted by atomic mass is 16.5. The number of likely N-dealkylation sites (tertiary alicyclic amines) is 1. The summed E-state index contributed by atoms with van der Waals surface area (Å²) in [5.41, 5.74) is 1.63. The summed E-state index contributed by atoms with van der Waals surface area (Å²) in [6.07, 6.45) is 2.31. The van der Waals surface area contributed by atoms with Gasteiger partial charge in [-0.05, 0) is 24.6 Å². The number of H-pyrrole nitrogens is 1. The lowest BCUT2D eigenvalue weighted by Crippen LogP contribution is -2.47. The van der Waals surface area contributed by atoms with Gasteiger partial charge in [0, 0.05) is 19.2 Å². The second-order valence-corrected chi connectivity index (χ2v) is 6.99. The van der Waals surface area contributed by atoms with Crippen LogP contribution in [0.5, 0.6) is 0 Å². The van der Waals surface area contributed by atoms with E-state index in [4.69, 9.17) is 4.74 Å². The molecule has 3 aromatic rings. The van der Waals surface area contributed by atoms with Gasteiger partial charge in [-0.2, -0.15) is 5.10 Å². The quantitative estimate of drug-likeness (QED) is 0.677. The van der Waals surface area contributed by atoms with Gasteiger partial charge in [0.1, 0.15) is 12.2 Å². The molecule has 26 heavy (non-hydrogen) atoms. The molecule has 1 aromatic carbocycles. The largest absolute Gasteiger partial charge is 0.363 e. The Balaban J connectivity index is 1.39. The minimum Gasteiger partial charge on any atom is -0.363 e. The number of nitrogens with zero attached hydrogens (tertiary/aromatic N) is 5. The van der Waals surface area contributed by atoms with Crippen molar-refractivity contribution < 1.29 is 9.53 Å². The van der Waals surface area contributed by atoms with Crippen LogP contribution < -0.4 is 5.69 Å². The Hall–Kier alpha value is -2.94. The average molecular weight is 354 g/mol. The summed E-state index contributed by atoms with van der Waals surface area (Å²) >= 11 is 0. The van der Waals surface area contributed by atoms with E-state index in [0.29, 0.717) is 37.4 Å². The molecule has 1 fully saturated rings. The molecule has 9 heteroatoms. The van der Waals surface area contributed by atoms with Gasteiger partial charge in [0.2, 0.25) is 0 Å². The van der Waals surface area contributed by atoms with E-state index in [1.807, 2.05) is 12.1 Å². The number of carbonyl (C=O) groups is 1. The lowest BCUT2D eigenvalue weighted by Gasteiger charge is -2.33. The SMILES string of the molecule is Cn1nc2n(c1=O)CC1(CCN(C(=O)c3ccc4nc[nH]c4c3)C1)OC2. The Morgan fingerprint density at radius 2 is 2.23 bits per heavy atom. The molecular formula is C17H18N6O3. The maximum atomic E-state index is 12.9. The second-order valence-electron chi connectivity index (χ2n) is 6.99. The van der Waals surface area contributed by atoms with Crippen molar-refractivity contribution in [3.63, 3.8) is 0 Å². The number of aryl methyl sites for hydroxylation is 1. The van der Waals surface area contributed by atoms with E-state index >= 15 is 0 Å². The third-order valence-electron chi connectivity index (χ3n) is 5.31. The minimum absolute atomic E-state index is 0.0358. The van der Waals surface area contributed by atoms with Crippen molar-refractivity contribution in [1.29, 1.82) is 0 Å². The van der Waals surface area contributed by atoms with Crippen LogP contribution in [0.3, 0.4) is 0 Å². The first-order valence-corrected chi connectivity index (χ1v) is 8.54. The van der Waals surface area contributed by atoms with Crippen LogP contribution in [-0.2, 0) is 24.9 Å². The Morgan fingerprint density at radius 1 is 1.35 bits per heavy atom. The zero-order chi connectivity index (χ0) is 17.9. The van der Waals surface area contributed by atoms with Crippen molar-refractivity contribution in [1.82, 2.24) is 29.2 Å². The topological polar surface area (TPSA) is 98.0 Å². The molecule has 5 rings (SSSR count). The summed E-state index contributed by atoms with van der Waals surface area (Å²) < 4.78 is 9.04. The number of fused-ring (bicyclic) bond motifs is 2. The van der Waals surface area contributed by atoms with Crippen molar-refractivity contribution in [2.24, 2.45) is 7.05 Å². The third-order valence-corrected chi connectivity index (χ3v) is 5.31. The smallest absolute Gasteiger partial charge is 0.345 e. The molecule has 1 N–H and O–H groups in total. The van der Waals surface area contributed by atoms with Gasteiger partial charge >= 0.3 is 5.69 Å². The van der Waals surface area contributed by atoms with Crippen molar-refractivity contribution in [2.75, 3.05) is 13.1 Å². The summed E-state index contributed by atoms with van der Waals surface area (Å²) in [5.74, 6) is 0.601. The highest BCUT2D eigenvalue weighted by Gasteiger charge is 2.45. The predicted molar refractivity (Wildman–Crippen MR) is 91.6 cm³/mol. The molecule has 9 nitrogen and oxygen atoms in total. The molecule has 1 unspecified atom stereocenters. The van der Waals surface area contributed by atoms with Crippen molar-refractivity contribution >= 4 is 16.9 Å². The number of ether oxygens (including phenoxy) is 1. The van der Waals surface area contributed by atoms with Crippen LogP contribution in [0.2, 0.25) is 0 Å². The number of imidazole rings is 1. The first kappa shape index (κ1) is 15.3. The van der Waals surface area contributed by atoms with Gasteiger partial charge in [0.25, 0.3) is 5.91 Å². The van der Waals surface area contributed by atoms with E-state index in [1.165, 1.54) is 4.68 Å². The molecule has 0 aliphatic carbocycles. The summed E-state index contributed by atoms with van der Waals surface area (Å²) in [5, 5.41) is 4.18. The second kappa shape index (κ2) is 5.28. The molecule has 134 valence electrons. The summed E-state index contributed by atoms with van der Waals surface area (Å²) in [6.45, 7) is 1.79. The predicted octanol–water partition coefficient (Wildman–Crippen LogP) is 0.273. The number of hydrogen-bond acceptors (Lipinski definition) is 5. The fourth-order valence-corrected chi connectivity index (χ4v) is 3.89. The number of aromatic amines is 1. The van der Waals surface area contributed by atoms with Gasteiger partial charge in [-0.15, -0.1) is 0 Å². The number of hydrogen-bond donors (Lipinski definition) is 1. The van der Waals surface area contributed by atoms with E-state index < -0.39 is 5.60 Å². The van der Waals surface area contributed by atoms with Crippen LogP contribution in [0.25, 0.3) is 11.0 Å². The van der Waals surface area contributed by atoms with E-state index in [2.05, 4.69) is 15.1 Å². The van der Waals surface area contributed by atoms with Crippen molar-refractivity contribution in [2.45, 2.75) is 25.2 Å². The van der Waals surface area contributed by atoms with E-state index in [9.17, 15) is 9.59 Å². The Kier molecular flexibility index (Phi) is 3.11. The Bertz CT molecular complexity index is 1080. The summed E-state index contributed by atoms with van der Waals surface area (Å²) in [4.78, 5) is 34.1. The first-order valence-electron chi connectivity index (χ1n) is 8.54. The maximum Gasteiger partial charge on any atom is 0.345 e. The number of benzene rings is 1. The first-order chi connectivity index (χ1) is 12.5. The molecule has 4 heterocycles. The van der Waals surface area contributed by atoms with Gasteiger partial charge in [0.05, 0.1) is 30.5 Å². The van der Waals surface area contributed by atoms with Crippen LogP contribution in [0, 0.1) is 0 Å². The van der Waals surface area contributed by atoms with E-state index in [-0.39, 0.29) is 18.2 Å². The normalized spacial score (nSPS) is 22.3.